The molecular weight excluding hydrogens is 649 g/mol. The standard InChI is InChI=1S/C23H13Cl3F10N2O3/c24-14-4-10(5-15(25)18(14)26)12(22(31,32)33)6-16(27)9-1-2-11(13(3-9)23(34,35)36)19(39)37-17-7-41-38(20(17)40)8-21(28,29)30/h1-6,12,17H,7-8H2,(H,37,39)/b16-6-/t12?,17-/m1/s1. The van der Waals surface area contributed by atoms with Gasteiger partial charge in [-0.25, -0.2) is 9.45 Å². The number of amides is 2. The zero-order valence-corrected chi connectivity index (χ0v) is 21.9. The molecule has 3 rings (SSSR count). The topological polar surface area (TPSA) is 58.6 Å². The molecular formula is C23H13Cl3F10N2O3. The second-order valence-electron chi connectivity index (χ2n) is 8.40. The summed E-state index contributed by atoms with van der Waals surface area (Å²) in [7, 11) is 0. The minimum Gasteiger partial charge on any atom is -0.338 e. The fourth-order valence-electron chi connectivity index (χ4n) is 3.60. The first-order valence-electron chi connectivity index (χ1n) is 10.8. The van der Waals surface area contributed by atoms with Crippen LogP contribution in [-0.4, -0.2) is 48.4 Å². The third-order valence-electron chi connectivity index (χ3n) is 5.45. The molecule has 1 unspecified atom stereocenters. The zero-order chi connectivity index (χ0) is 31.1. The lowest BCUT2D eigenvalue weighted by atomic mass is 9.95. The lowest BCUT2D eigenvalue weighted by molar-refractivity contribution is -0.214. The number of carbonyl (C=O) groups excluding carboxylic acids is 2. The highest BCUT2D eigenvalue weighted by Crippen LogP contribution is 2.43. The molecule has 2 aromatic rings. The molecule has 1 saturated heterocycles. The van der Waals surface area contributed by atoms with E-state index in [4.69, 9.17) is 34.8 Å². The summed E-state index contributed by atoms with van der Waals surface area (Å²) in [4.78, 5) is 29.1. The predicted octanol–water partition coefficient (Wildman–Crippen LogP) is 7.76. The van der Waals surface area contributed by atoms with Crippen molar-refractivity contribution in [2.45, 2.75) is 30.5 Å². The number of allylic oxidation sites excluding steroid dienone is 1. The monoisotopic (exact) mass is 660 g/mol. The fourth-order valence-corrected chi connectivity index (χ4v) is 4.21. The second kappa shape index (κ2) is 11.9. The van der Waals surface area contributed by atoms with Gasteiger partial charge in [0, 0.05) is 5.56 Å². The van der Waals surface area contributed by atoms with Crippen molar-refractivity contribution in [3.05, 3.63) is 73.7 Å². The Morgan fingerprint density at radius 1 is 1.02 bits per heavy atom. The van der Waals surface area contributed by atoms with Crippen LogP contribution in [0.1, 0.15) is 33.0 Å². The zero-order valence-electron chi connectivity index (χ0n) is 19.6. The van der Waals surface area contributed by atoms with E-state index < -0.39 is 93.6 Å². The minimum atomic E-state index is -5.36. The summed E-state index contributed by atoms with van der Waals surface area (Å²) in [6.07, 6.45) is -15.4. The number of hydroxylamine groups is 2. The number of rotatable bonds is 6. The number of nitrogens with one attached hydrogen (secondary N) is 1. The third-order valence-corrected chi connectivity index (χ3v) is 6.64. The van der Waals surface area contributed by atoms with Crippen LogP contribution in [-0.2, 0) is 15.8 Å². The van der Waals surface area contributed by atoms with Gasteiger partial charge in [-0.05, 0) is 35.9 Å². The van der Waals surface area contributed by atoms with Crippen LogP contribution >= 0.6 is 34.8 Å². The Bertz CT molecular complexity index is 1350. The molecule has 1 N–H and O–H groups in total. The number of carbonyl (C=O) groups is 2. The van der Waals surface area contributed by atoms with Gasteiger partial charge in [0.2, 0.25) is 0 Å². The predicted molar refractivity (Wildman–Crippen MR) is 126 cm³/mol. The Morgan fingerprint density at radius 3 is 2.12 bits per heavy atom. The molecule has 2 amide bonds. The lowest BCUT2D eigenvalue weighted by Crippen LogP contribution is -2.44. The molecule has 0 bridgehead atoms. The molecule has 0 spiro atoms. The van der Waals surface area contributed by atoms with Crippen molar-refractivity contribution in [3.8, 4) is 0 Å². The van der Waals surface area contributed by atoms with E-state index in [-0.39, 0.29) is 22.2 Å². The van der Waals surface area contributed by atoms with Gasteiger partial charge in [0.05, 0.1) is 26.2 Å². The maximum absolute atomic E-state index is 15.0. The van der Waals surface area contributed by atoms with E-state index in [1.54, 1.807) is 5.32 Å². The minimum absolute atomic E-state index is 0.0328. The highest BCUT2D eigenvalue weighted by Gasteiger charge is 2.43. The van der Waals surface area contributed by atoms with Crippen LogP contribution in [0.15, 0.2) is 36.4 Å². The van der Waals surface area contributed by atoms with Crippen molar-refractivity contribution < 1.29 is 58.3 Å². The van der Waals surface area contributed by atoms with Crippen LogP contribution in [0.5, 0.6) is 0 Å². The van der Waals surface area contributed by atoms with Crippen LogP contribution < -0.4 is 5.32 Å². The molecule has 41 heavy (non-hydrogen) atoms. The fraction of sp³-hybridized carbons (Fsp3) is 0.304. The van der Waals surface area contributed by atoms with Gasteiger partial charge in [0.1, 0.15) is 30.9 Å². The number of alkyl halides is 9. The Kier molecular flexibility index (Phi) is 9.47. The van der Waals surface area contributed by atoms with E-state index in [1.807, 2.05) is 0 Å². The van der Waals surface area contributed by atoms with E-state index in [2.05, 4.69) is 4.84 Å². The largest absolute Gasteiger partial charge is 0.417 e. The van der Waals surface area contributed by atoms with Gasteiger partial charge in [0.25, 0.3) is 11.8 Å². The van der Waals surface area contributed by atoms with Crippen molar-refractivity contribution in [1.82, 2.24) is 10.4 Å². The molecule has 1 aliphatic rings. The van der Waals surface area contributed by atoms with Crippen molar-refractivity contribution >= 4 is 52.4 Å². The van der Waals surface area contributed by atoms with Crippen LogP contribution in [0, 0.1) is 0 Å². The molecule has 2 atom stereocenters. The van der Waals surface area contributed by atoms with E-state index in [9.17, 15) is 53.5 Å². The summed E-state index contributed by atoms with van der Waals surface area (Å²) in [5.41, 5.74) is -4.69. The van der Waals surface area contributed by atoms with E-state index >= 15 is 0 Å². The Labute approximate surface area is 238 Å². The molecule has 1 heterocycles. The van der Waals surface area contributed by atoms with Gasteiger partial charge in [-0.3, -0.25) is 14.4 Å². The maximum Gasteiger partial charge on any atom is 0.417 e. The molecule has 0 aromatic heterocycles. The highest BCUT2D eigenvalue weighted by atomic mass is 35.5. The van der Waals surface area contributed by atoms with E-state index in [1.165, 1.54) is 0 Å². The summed E-state index contributed by atoms with van der Waals surface area (Å²) in [6, 6.07) is 0.750. The number of hydrogen-bond donors (Lipinski definition) is 1. The number of benzene rings is 2. The molecule has 2 aromatic carbocycles. The molecule has 18 heteroatoms. The molecule has 224 valence electrons. The second-order valence-corrected chi connectivity index (χ2v) is 9.59. The highest BCUT2D eigenvalue weighted by molar-refractivity contribution is 6.48. The van der Waals surface area contributed by atoms with Crippen LogP contribution in [0.4, 0.5) is 43.9 Å². The van der Waals surface area contributed by atoms with Crippen LogP contribution in [0.25, 0.3) is 5.83 Å². The number of hydrogen-bond acceptors (Lipinski definition) is 3. The average molecular weight is 662 g/mol. The molecule has 1 fully saturated rings. The normalized spacial score (nSPS) is 17.7. The van der Waals surface area contributed by atoms with Crippen LogP contribution in [0.2, 0.25) is 15.1 Å². The molecule has 0 aliphatic carbocycles. The van der Waals surface area contributed by atoms with Crippen molar-refractivity contribution in [3.63, 3.8) is 0 Å². The molecule has 1 aliphatic heterocycles. The van der Waals surface area contributed by atoms with Gasteiger partial charge in [0.15, 0.2) is 0 Å². The Hall–Kier alpha value is -2.75. The van der Waals surface area contributed by atoms with Gasteiger partial charge in [-0.15, -0.1) is 0 Å². The van der Waals surface area contributed by atoms with Crippen molar-refractivity contribution in [1.29, 1.82) is 0 Å². The van der Waals surface area contributed by atoms with Gasteiger partial charge in [-0.1, -0.05) is 40.9 Å². The quantitative estimate of drug-likeness (QED) is 0.255. The molecule has 0 saturated carbocycles. The first-order valence-corrected chi connectivity index (χ1v) is 11.9. The SMILES string of the molecule is O=C(N[C@@H]1CON(CC(F)(F)F)C1=O)c1ccc(/C(F)=C/C(c2cc(Cl)c(Cl)c(Cl)c2)C(F)(F)F)cc1C(F)(F)F. The van der Waals surface area contributed by atoms with Gasteiger partial charge in [-0.2, -0.15) is 39.5 Å². The molecule has 0 radical (unpaired) electrons. The summed E-state index contributed by atoms with van der Waals surface area (Å²) in [6.45, 7) is -2.67. The summed E-state index contributed by atoms with van der Waals surface area (Å²) in [5, 5.41) is 0.574. The molecule has 5 nitrogen and oxygen atoms in total. The summed E-state index contributed by atoms with van der Waals surface area (Å²) < 4.78 is 135. The van der Waals surface area contributed by atoms with Crippen molar-refractivity contribution in [2.75, 3.05) is 13.2 Å². The van der Waals surface area contributed by atoms with E-state index in [0.29, 0.717) is 12.1 Å². The maximum atomic E-state index is 15.0. The van der Waals surface area contributed by atoms with Crippen molar-refractivity contribution in [2.24, 2.45) is 0 Å². The average Bonchev–Trinajstić information content (AvgIpc) is 3.16. The lowest BCUT2D eigenvalue weighted by Gasteiger charge is -2.19. The van der Waals surface area contributed by atoms with E-state index in [0.717, 1.165) is 12.1 Å². The number of nitrogens with zero attached hydrogens (tertiary/aromatic N) is 1. The third kappa shape index (κ3) is 7.96. The summed E-state index contributed by atoms with van der Waals surface area (Å²) >= 11 is 17.2. The Morgan fingerprint density at radius 2 is 1.61 bits per heavy atom. The first kappa shape index (κ1) is 32.8. The van der Waals surface area contributed by atoms with Gasteiger partial charge < -0.3 is 5.32 Å². The first-order chi connectivity index (χ1) is 18.7. The van der Waals surface area contributed by atoms with Crippen LogP contribution in [0.3, 0.4) is 0 Å². The summed E-state index contributed by atoms with van der Waals surface area (Å²) in [5.74, 6) is -7.49. The Balaban J connectivity index is 1.95. The number of halogens is 13. The smallest absolute Gasteiger partial charge is 0.338 e. The van der Waals surface area contributed by atoms with Gasteiger partial charge >= 0.3 is 18.5 Å².